The van der Waals surface area contributed by atoms with E-state index in [1.807, 2.05) is 34.9 Å². The summed E-state index contributed by atoms with van der Waals surface area (Å²) < 4.78 is 7.38. The predicted molar refractivity (Wildman–Crippen MR) is 127 cm³/mol. The van der Waals surface area contributed by atoms with E-state index in [4.69, 9.17) is 4.74 Å². The van der Waals surface area contributed by atoms with Crippen LogP contribution in [0.4, 0.5) is 5.69 Å². The van der Waals surface area contributed by atoms with Gasteiger partial charge in [-0.05, 0) is 37.4 Å². The smallest absolute Gasteiger partial charge is 0.254 e. The van der Waals surface area contributed by atoms with Gasteiger partial charge in [0.2, 0.25) is 0 Å². The highest BCUT2D eigenvalue weighted by Crippen LogP contribution is 2.34. The van der Waals surface area contributed by atoms with Gasteiger partial charge in [-0.1, -0.05) is 6.07 Å². The maximum Gasteiger partial charge on any atom is 0.254 e. The second-order valence-electron chi connectivity index (χ2n) is 7.89. The van der Waals surface area contributed by atoms with E-state index in [-0.39, 0.29) is 5.91 Å². The van der Waals surface area contributed by atoms with Gasteiger partial charge in [-0.15, -0.1) is 0 Å². The minimum atomic E-state index is -0.117. The van der Waals surface area contributed by atoms with E-state index in [9.17, 15) is 4.79 Å². The van der Waals surface area contributed by atoms with Crippen LogP contribution >= 0.6 is 0 Å². The molecule has 1 aromatic carbocycles. The number of hydrogen-bond acceptors (Lipinski definition) is 7. The van der Waals surface area contributed by atoms with Crippen LogP contribution in [0.15, 0.2) is 65.6 Å². The number of amides is 1. The van der Waals surface area contributed by atoms with Crippen LogP contribution in [0.2, 0.25) is 0 Å². The van der Waals surface area contributed by atoms with Crippen LogP contribution in [0.1, 0.15) is 22.8 Å². The number of imidazole rings is 1. The van der Waals surface area contributed by atoms with Gasteiger partial charge in [-0.25, -0.2) is 9.98 Å². The third-order valence-corrected chi connectivity index (χ3v) is 5.98. The van der Waals surface area contributed by atoms with Gasteiger partial charge in [-0.3, -0.25) is 14.2 Å². The van der Waals surface area contributed by atoms with Crippen LogP contribution in [0, 0.1) is 0 Å². The number of carbonyl (C=O) groups is 1. The molecule has 5 rings (SSSR count). The fraction of sp³-hybridized carbons (Fsp3) is 0.250. The maximum absolute atomic E-state index is 12.7. The molecule has 33 heavy (non-hydrogen) atoms. The number of carbonyl (C=O) groups excluding carboxylic acids is 1. The van der Waals surface area contributed by atoms with E-state index in [2.05, 4.69) is 44.1 Å². The summed E-state index contributed by atoms with van der Waals surface area (Å²) in [6.45, 7) is 9.41. The molecule has 0 saturated carbocycles. The van der Waals surface area contributed by atoms with E-state index in [1.54, 1.807) is 18.6 Å². The zero-order chi connectivity index (χ0) is 22.8. The van der Waals surface area contributed by atoms with Crippen molar-refractivity contribution in [1.82, 2.24) is 24.6 Å². The first-order chi connectivity index (χ1) is 16.2. The molecule has 2 aromatic heterocycles. The SMILES string of the molecule is C=N/C(=C\C=C(/C)N1CCOCC1)Nc1ccc(-c2cnc3cnccn23)c2c1C(=O)NC2. The average molecular weight is 444 g/mol. The van der Waals surface area contributed by atoms with E-state index in [0.29, 0.717) is 23.6 Å². The summed E-state index contributed by atoms with van der Waals surface area (Å²) in [6.07, 6.45) is 11.0. The van der Waals surface area contributed by atoms with Crippen LogP contribution in [-0.4, -0.2) is 58.2 Å². The van der Waals surface area contributed by atoms with Gasteiger partial charge >= 0.3 is 0 Å². The van der Waals surface area contributed by atoms with Crippen molar-refractivity contribution in [2.45, 2.75) is 13.5 Å². The molecule has 2 aliphatic heterocycles. The summed E-state index contributed by atoms with van der Waals surface area (Å²) in [4.78, 5) is 27.7. The van der Waals surface area contributed by atoms with Crippen molar-refractivity contribution in [2.75, 3.05) is 31.6 Å². The molecule has 168 valence electrons. The molecule has 2 N–H and O–H groups in total. The number of morpholine rings is 1. The lowest BCUT2D eigenvalue weighted by Gasteiger charge is -2.29. The number of nitrogens with zero attached hydrogens (tertiary/aromatic N) is 5. The minimum Gasteiger partial charge on any atom is -0.378 e. The van der Waals surface area contributed by atoms with Crippen molar-refractivity contribution < 1.29 is 9.53 Å². The van der Waals surface area contributed by atoms with Crippen molar-refractivity contribution >= 4 is 24.0 Å². The highest BCUT2D eigenvalue weighted by Gasteiger charge is 2.27. The van der Waals surface area contributed by atoms with Crippen LogP contribution in [0.25, 0.3) is 16.9 Å². The molecule has 0 aliphatic carbocycles. The Morgan fingerprint density at radius 2 is 2.12 bits per heavy atom. The Bertz CT molecular complexity index is 1290. The average Bonchev–Trinajstić information content (AvgIpc) is 3.46. The lowest BCUT2D eigenvalue weighted by molar-refractivity contribution is 0.0537. The number of aromatic nitrogens is 3. The molecule has 3 aromatic rings. The van der Waals surface area contributed by atoms with Crippen molar-refractivity contribution in [3.8, 4) is 11.3 Å². The topological polar surface area (TPSA) is 96.2 Å². The normalized spacial score (nSPS) is 16.6. The molecule has 9 heteroatoms. The molecule has 0 bridgehead atoms. The Kier molecular flexibility index (Phi) is 5.62. The number of ether oxygens (including phenoxy) is 1. The fourth-order valence-electron chi connectivity index (χ4n) is 4.23. The molecule has 4 heterocycles. The number of benzene rings is 1. The zero-order valence-corrected chi connectivity index (χ0v) is 18.4. The van der Waals surface area contributed by atoms with Crippen LogP contribution in [0.3, 0.4) is 0 Å². The first-order valence-corrected chi connectivity index (χ1v) is 10.8. The summed E-state index contributed by atoms with van der Waals surface area (Å²) in [5, 5.41) is 6.22. The third kappa shape index (κ3) is 3.98. The van der Waals surface area contributed by atoms with Crippen molar-refractivity contribution in [2.24, 2.45) is 4.99 Å². The fourth-order valence-corrected chi connectivity index (χ4v) is 4.23. The Labute approximate surface area is 191 Å². The molecular formula is C24H25N7O2. The summed E-state index contributed by atoms with van der Waals surface area (Å²) in [6, 6.07) is 3.90. The summed E-state index contributed by atoms with van der Waals surface area (Å²) >= 11 is 0. The number of anilines is 1. The Morgan fingerprint density at radius 3 is 2.94 bits per heavy atom. The van der Waals surface area contributed by atoms with Gasteiger partial charge < -0.3 is 20.3 Å². The monoisotopic (exact) mass is 443 g/mol. The van der Waals surface area contributed by atoms with Crippen molar-refractivity contribution in [3.63, 3.8) is 0 Å². The second kappa shape index (κ2) is 8.87. The molecule has 1 amide bonds. The van der Waals surface area contributed by atoms with Gasteiger partial charge in [0.15, 0.2) is 5.65 Å². The molecule has 0 radical (unpaired) electrons. The van der Waals surface area contributed by atoms with Gasteiger partial charge in [0.05, 0.1) is 42.6 Å². The Balaban J connectivity index is 1.47. The van der Waals surface area contributed by atoms with E-state index < -0.39 is 0 Å². The first kappa shape index (κ1) is 20.9. The van der Waals surface area contributed by atoms with Gasteiger partial charge in [0.25, 0.3) is 5.91 Å². The molecular weight excluding hydrogens is 418 g/mol. The lowest BCUT2D eigenvalue weighted by Crippen LogP contribution is -2.34. The minimum absolute atomic E-state index is 0.117. The van der Waals surface area contributed by atoms with Gasteiger partial charge in [0.1, 0.15) is 5.82 Å². The van der Waals surface area contributed by atoms with Crippen molar-refractivity contribution in [1.29, 1.82) is 0 Å². The van der Waals surface area contributed by atoms with Crippen molar-refractivity contribution in [3.05, 3.63) is 71.7 Å². The van der Waals surface area contributed by atoms with Gasteiger partial charge in [0, 0.05) is 43.3 Å². The van der Waals surface area contributed by atoms with E-state index >= 15 is 0 Å². The van der Waals surface area contributed by atoms with Gasteiger partial charge in [-0.2, -0.15) is 0 Å². The summed E-state index contributed by atoms with van der Waals surface area (Å²) in [5.74, 6) is 0.450. The number of hydrogen-bond donors (Lipinski definition) is 2. The standard InChI is InChI=1S/C24H25N7O2/c1-16(30-9-11-33-12-10-30)3-6-21(25-2)29-19-5-4-17(18-13-28-24(32)23(18)19)20-14-27-22-15-26-7-8-31(20)22/h3-8,14-15,29H,2,9-13H2,1H3,(H,28,32)/b16-3+,21-6+. The molecule has 0 spiro atoms. The number of aliphatic imine (C=N–C) groups is 1. The summed E-state index contributed by atoms with van der Waals surface area (Å²) in [7, 11) is 0. The van der Waals surface area contributed by atoms with Crippen LogP contribution in [0.5, 0.6) is 0 Å². The molecule has 0 unspecified atom stereocenters. The lowest BCUT2D eigenvalue weighted by atomic mass is 9.99. The number of rotatable bonds is 6. The number of fused-ring (bicyclic) bond motifs is 2. The third-order valence-electron chi connectivity index (χ3n) is 5.98. The molecule has 9 nitrogen and oxygen atoms in total. The quantitative estimate of drug-likeness (QED) is 0.449. The first-order valence-electron chi connectivity index (χ1n) is 10.8. The van der Waals surface area contributed by atoms with Crippen LogP contribution in [-0.2, 0) is 11.3 Å². The molecule has 2 aliphatic rings. The maximum atomic E-state index is 12.7. The second-order valence-corrected chi connectivity index (χ2v) is 7.89. The molecule has 1 fully saturated rings. The Morgan fingerprint density at radius 1 is 1.27 bits per heavy atom. The molecule has 1 saturated heterocycles. The largest absolute Gasteiger partial charge is 0.378 e. The summed E-state index contributed by atoms with van der Waals surface area (Å²) in [5.41, 5.74) is 5.97. The van der Waals surface area contributed by atoms with E-state index in [0.717, 1.165) is 54.5 Å². The van der Waals surface area contributed by atoms with Crippen LogP contribution < -0.4 is 10.6 Å². The number of nitrogens with one attached hydrogen (secondary N) is 2. The number of allylic oxidation sites excluding steroid dienone is 3. The Hall–Kier alpha value is -3.98. The predicted octanol–water partition coefficient (Wildman–Crippen LogP) is 2.83. The zero-order valence-electron chi connectivity index (χ0n) is 18.4. The highest BCUT2D eigenvalue weighted by molar-refractivity contribution is 6.05. The van der Waals surface area contributed by atoms with E-state index in [1.165, 1.54) is 0 Å². The molecule has 0 atom stereocenters. The highest BCUT2D eigenvalue weighted by atomic mass is 16.5.